The van der Waals surface area contributed by atoms with E-state index < -0.39 is 0 Å². The van der Waals surface area contributed by atoms with Crippen LogP contribution < -0.4 is 5.32 Å². The van der Waals surface area contributed by atoms with Gasteiger partial charge in [0.1, 0.15) is 0 Å². The maximum absolute atomic E-state index is 11.7. The molecule has 0 aliphatic heterocycles. The number of carbonyl (C=O) groups excluding carboxylic acids is 1. The van der Waals surface area contributed by atoms with Crippen molar-refractivity contribution in [3.63, 3.8) is 0 Å². The molecule has 0 unspecified atom stereocenters. The zero-order valence-electron chi connectivity index (χ0n) is 14.4. The average molecular weight is 311 g/mol. The van der Waals surface area contributed by atoms with Crippen molar-refractivity contribution in [1.82, 2.24) is 15.1 Å². The fourth-order valence-corrected chi connectivity index (χ4v) is 2.44. The van der Waals surface area contributed by atoms with Crippen LogP contribution in [0.5, 0.6) is 0 Å². The molecule has 1 aromatic carbocycles. The molecule has 1 aromatic heterocycles. The first-order valence-electron chi connectivity index (χ1n) is 8.06. The van der Waals surface area contributed by atoms with E-state index in [0.717, 1.165) is 29.9 Å². The van der Waals surface area contributed by atoms with Crippen molar-refractivity contribution < 1.29 is 4.79 Å². The highest BCUT2D eigenvalue weighted by Gasteiger charge is 2.09. The SMILES string of the molecule is CCCNC(=O)/C=C/c1c(C)nn(Cc2ccc(C)cc2)c1C. The maximum atomic E-state index is 11.7. The van der Waals surface area contributed by atoms with Crippen LogP contribution in [-0.4, -0.2) is 22.2 Å². The lowest BCUT2D eigenvalue weighted by Crippen LogP contribution is -2.21. The third-order valence-corrected chi connectivity index (χ3v) is 3.84. The summed E-state index contributed by atoms with van der Waals surface area (Å²) in [5, 5.41) is 7.44. The van der Waals surface area contributed by atoms with Crippen LogP contribution >= 0.6 is 0 Å². The highest BCUT2D eigenvalue weighted by Crippen LogP contribution is 2.16. The zero-order valence-corrected chi connectivity index (χ0v) is 14.4. The summed E-state index contributed by atoms with van der Waals surface area (Å²) in [6.07, 6.45) is 4.38. The summed E-state index contributed by atoms with van der Waals surface area (Å²) in [5.74, 6) is -0.0584. The summed E-state index contributed by atoms with van der Waals surface area (Å²) in [4.78, 5) is 11.7. The topological polar surface area (TPSA) is 46.9 Å². The molecule has 0 radical (unpaired) electrons. The number of aromatic nitrogens is 2. The van der Waals surface area contributed by atoms with Crippen LogP contribution in [0.4, 0.5) is 0 Å². The van der Waals surface area contributed by atoms with Gasteiger partial charge in [0, 0.05) is 23.9 Å². The average Bonchev–Trinajstić information content (AvgIpc) is 2.79. The van der Waals surface area contributed by atoms with Crippen molar-refractivity contribution in [3.05, 3.63) is 58.4 Å². The van der Waals surface area contributed by atoms with Crippen LogP contribution in [0.3, 0.4) is 0 Å². The van der Waals surface area contributed by atoms with Crippen LogP contribution in [0.15, 0.2) is 30.3 Å². The minimum Gasteiger partial charge on any atom is -0.353 e. The van der Waals surface area contributed by atoms with Crippen molar-refractivity contribution in [3.8, 4) is 0 Å². The van der Waals surface area contributed by atoms with Gasteiger partial charge in [-0.05, 0) is 38.8 Å². The fourth-order valence-electron chi connectivity index (χ4n) is 2.44. The number of aryl methyl sites for hydroxylation is 2. The lowest BCUT2D eigenvalue weighted by molar-refractivity contribution is -0.116. The lowest BCUT2D eigenvalue weighted by Gasteiger charge is -2.05. The molecule has 0 spiro atoms. The van der Waals surface area contributed by atoms with Crippen LogP contribution in [-0.2, 0) is 11.3 Å². The van der Waals surface area contributed by atoms with Crippen molar-refractivity contribution in [2.24, 2.45) is 0 Å². The van der Waals surface area contributed by atoms with Crippen LogP contribution in [0, 0.1) is 20.8 Å². The quantitative estimate of drug-likeness (QED) is 0.831. The van der Waals surface area contributed by atoms with E-state index in [2.05, 4.69) is 41.6 Å². The Labute approximate surface area is 138 Å². The molecular formula is C19H25N3O. The summed E-state index contributed by atoms with van der Waals surface area (Å²) in [7, 11) is 0. The molecule has 2 aromatic rings. The van der Waals surface area contributed by atoms with E-state index in [1.807, 2.05) is 31.5 Å². The molecule has 1 amide bonds. The molecule has 0 saturated heterocycles. The van der Waals surface area contributed by atoms with Gasteiger partial charge >= 0.3 is 0 Å². The molecule has 4 heteroatoms. The molecule has 2 rings (SSSR count). The second-order valence-electron chi connectivity index (χ2n) is 5.85. The Balaban J connectivity index is 2.14. The van der Waals surface area contributed by atoms with Gasteiger partial charge in [-0.2, -0.15) is 5.10 Å². The summed E-state index contributed by atoms with van der Waals surface area (Å²) in [6, 6.07) is 8.47. The van der Waals surface area contributed by atoms with Crippen molar-refractivity contribution in [2.45, 2.75) is 40.7 Å². The molecule has 0 bridgehead atoms. The van der Waals surface area contributed by atoms with Gasteiger partial charge in [0.05, 0.1) is 12.2 Å². The van der Waals surface area contributed by atoms with Gasteiger partial charge in [0.2, 0.25) is 5.91 Å². The number of hydrogen-bond acceptors (Lipinski definition) is 2. The first-order chi connectivity index (χ1) is 11.0. The number of amides is 1. The molecule has 1 heterocycles. The first-order valence-corrected chi connectivity index (χ1v) is 8.06. The van der Waals surface area contributed by atoms with Crippen molar-refractivity contribution in [2.75, 3.05) is 6.54 Å². The number of rotatable bonds is 6. The second kappa shape index (κ2) is 7.77. The number of nitrogens with one attached hydrogen (secondary N) is 1. The Morgan fingerprint density at radius 2 is 1.91 bits per heavy atom. The molecule has 1 N–H and O–H groups in total. The Hall–Kier alpha value is -2.36. The molecule has 0 fully saturated rings. The molecule has 23 heavy (non-hydrogen) atoms. The zero-order chi connectivity index (χ0) is 16.8. The standard InChI is InChI=1S/C19H25N3O/c1-5-12-20-19(23)11-10-18-15(3)21-22(16(18)4)13-17-8-6-14(2)7-9-17/h6-11H,5,12-13H2,1-4H3,(H,20,23)/b11-10+. The summed E-state index contributed by atoms with van der Waals surface area (Å²) in [5.41, 5.74) is 5.50. The Bertz CT molecular complexity index is 696. The third-order valence-electron chi connectivity index (χ3n) is 3.84. The van der Waals surface area contributed by atoms with Gasteiger partial charge in [-0.1, -0.05) is 36.8 Å². The van der Waals surface area contributed by atoms with Crippen LogP contribution in [0.2, 0.25) is 0 Å². The number of nitrogens with zero attached hydrogens (tertiary/aromatic N) is 2. The smallest absolute Gasteiger partial charge is 0.244 e. The van der Waals surface area contributed by atoms with Gasteiger partial charge in [-0.3, -0.25) is 9.48 Å². The van der Waals surface area contributed by atoms with E-state index in [4.69, 9.17) is 0 Å². The van der Waals surface area contributed by atoms with E-state index in [9.17, 15) is 4.79 Å². The third kappa shape index (κ3) is 4.55. The Morgan fingerprint density at radius 3 is 2.57 bits per heavy atom. The number of benzene rings is 1. The minimum atomic E-state index is -0.0584. The monoisotopic (exact) mass is 311 g/mol. The van der Waals surface area contributed by atoms with E-state index in [0.29, 0.717) is 6.54 Å². The van der Waals surface area contributed by atoms with Crippen LogP contribution in [0.25, 0.3) is 6.08 Å². The molecular weight excluding hydrogens is 286 g/mol. The highest BCUT2D eigenvalue weighted by atomic mass is 16.1. The molecule has 0 aliphatic rings. The largest absolute Gasteiger partial charge is 0.353 e. The van der Waals surface area contributed by atoms with E-state index in [1.54, 1.807) is 6.08 Å². The van der Waals surface area contributed by atoms with E-state index >= 15 is 0 Å². The summed E-state index contributed by atoms with van der Waals surface area (Å²) < 4.78 is 1.99. The first kappa shape index (κ1) is 17.0. The van der Waals surface area contributed by atoms with Gasteiger partial charge < -0.3 is 5.32 Å². The molecule has 0 atom stereocenters. The fraction of sp³-hybridized carbons (Fsp3) is 0.368. The summed E-state index contributed by atoms with van der Waals surface area (Å²) >= 11 is 0. The van der Waals surface area contributed by atoms with Crippen LogP contribution in [0.1, 0.15) is 41.4 Å². The number of carbonyl (C=O) groups is 1. The normalized spacial score (nSPS) is 11.1. The minimum absolute atomic E-state index is 0.0584. The van der Waals surface area contributed by atoms with E-state index in [1.165, 1.54) is 11.1 Å². The Kier molecular flexibility index (Phi) is 5.74. The predicted molar refractivity (Wildman–Crippen MR) is 94.3 cm³/mol. The number of hydrogen-bond donors (Lipinski definition) is 1. The molecule has 0 saturated carbocycles. The van der Waals surface area contributed by atoms with Crippen molar-refractivity contribution in [1.29, 1.82) is 0 Å². The van der Waals surface area contributed by atoms with Gasteiger partial charge in [-0.15, -0.1) is 0 Å². The van der Waals surface area contributed by atoms with Gasteiger partial charge in [0.15, 0.2) is 0 Å². The molecule has 122 valence electrons. The highest BCUT2D eigenvalue weighted by molar-refractivity contribution is 5.91. The molecule has 4 nitrogen and oxygen atoms in total. The van der Waals surface area contributed by atoms with Gasteiger partial charge in [-0.25, -0.2) is 0 Å². The lowest BCUT2D eigenvalue weighted by atomic mass is 10.1. The predicted octanol–water partition coefficient (Wildman–Crippen LogP) is 3.40. The Morgan fingerprint density at radius 1 is 1.22 bits per heavy atom. The van der Waals surface area contributed by atoms with E-state index in [-0.39, 0.29) is 5.91 Å². The van der Waals surface area contributed by atoms with Gasteiger partial charge in [0.25, 0.3) is 0 Å². The summed E-state index contributed by atoms with van der Waals surface area (Å²) in [6.45, 7) is 9.57. The maximum Gasteiger partial charge on any atom is 0.244 e. The van der Waals surface area contributed by atoms with Crippen molar-refractivity contribution >= 4 is 12.0 Å². The second-order valence-corrected chi connectivity index (χ2v) is 5.85. The molecule has 0 aliphatic carbocycles.